The molecule has 5 heteroatoms. The van der Waals surface area contributed by atoms with E-state index in [0.29, 0.717) is 11.6 Å². The van der Waals surface area contributed by atoms with E-state index < -0.39 is 0 Å². The molecular weight excluding hydrogens is 326 g/mol. The summed E-state index contributed by atoms with van der Waals surface area (Å²) in [6.45, 7) is 3.81. The standard InChI is InChI=1S/C21H29N3O2/c1-2-23-18-14-15(20(25)22-16-8-4-3-5-9-16)11-12-17(18)21(26)24-13-7-6-10-19(23)24/h11-12,14,16,19H,2-10,13H2,1H3,(H,22,25)/t19-/m1/s1. The highest BCUT2D eigenvalue weighted by Gasteiger charge is 2.38. The molecule has 140 valence electrons. The lowest BCUT2D eigenvalue weighted by molar-refractivity contribution is 0.0582. The molecule has 26 heavy (non-hydrogen) atoms. The van der Waals surface area contributed by atoms with E-state index in [4.69, 9.17) is 0 Å². The fourth-order valence-corrected chi connectivity index (χ4v) is 4.78. The first-order valence-electron chi connectivity index (χ1n) is 10.2. The van der Waals surface area contributed by atoms with Gasteiger partial charge in [0.15, 0.2) is 0 Å². The van der Waals surface area contributed by atoms with E-state index in [-0.39, 0.29) is 18.0 Å². The topological polar surface area (TPSA) is 52.7 Å². The molecule has 1 saturated carbocycles. The summed E-state index contributed by atoms with van der Waals surface area (Å²) in [6.07, 6.45) is 9.22. The van der Waals surface area contributed by atoms with Crippen molar-refractivity contribution in [2.45, 2.75) is 70.5 Å². The molecule has 0 unspecified atom stereocenters. The summed E-state index contributed by atoms with van der Waals surface area (Å²) in [5, 5.41) is 3.19. The van der Waals surface area contributed by atoms with E-state index in [1.807, 2.05) is 23.1 Å². The van der Waals surface area contributed by atoms with Crippen LogP contribution in [0.2, 0.25) is 0 Å². The number of carbonyl (C=O) groups is 2. The molecule has 2 amide bonds. The van der Waals surface area contributed by atoms with Crippen molar-refractivity contribution < 1.29 is 9.59 Å². The maximum absolute atomic E-state index is 12.9. The number of carbonyl (C=O) groups excluding carboxylic acids is 2. The van der Waals surface area contributed by atoms with Crippen LogP contribution in [0.25, 0.3) is 0 Å². The van der Waals surface area contributed by atoms with Gasteiger partial charge in [0.05, 0.1) is 11.3 Å². The number of fused-ring (bicyclic) bond motifs is 2. The van der Waals surface area contributed by atoms with Crippen LogP contribution in [0.4, 0.5) is 5.69 Å². The largest absolute Gasteiger partial charge is 0.351 e. The van der Waals surface area contributed by atoms with Crippen molar-refractivity contribution in [1.82, 2.24) is 10.2 Å². The van der Waals surface area contributed by atoms with Crippen LogP contribution >= 0.6 is 0 Å². The molecule has 5 nitrogen and oxygen atoms in total. The summed E-state index contributed by atoms with van der Waals surface area (Å²) >= 11 is 0. The van der Waals surface area contributed by atoms with E-state index >= 15 is 0 Å². The predicted octanol–water partition coefficient (Wildman–Crippen LogP) is 3.54. The first-order chi connectivity index (χ1) is 12.7. The summed E-state index contributed by atoms with van der Waals surface area (Å²) in [4.78, 5) is 30.0. The smallest absolute Gasteiger partial charge is 0.257 e. The van der Waals surface area contributed by atoms with Gasteiger partial charge in [0, 0.05) is 24.7 Å². The lowest BCUT2D eigenvalue weighted by Gasteiger charge is -2.47. The average Bonchev–Trinajstić information content (AvgIpc) is 2.69. The van der Waals surface area contributed by atoms with Gasteiger partial charge in [-0.1, -0.05) is 19.3 Å². The van der Waals surface area contributed by atoms with Gasteiger partial charge < -0.3 is 15.1 Å². The fraction of sp³-hybridized carbons (Fsp3) is 0.619. The minimum absolute atomic E-state index is 0.00530. The summed E-state index contributed by atoms with van der Waals surface area (Å²) in [7, 11) is 0. The van der Waals surface area contributed by atoms with Gasteiger partial charge in [0.25, 0.3) is 11.8 Å². The molecule has 0 radical (unpaired) electrons. The Kier molecular flexibility index (Phi) is 4.88. The highest BCUT2D eigenvalue weighted by Crippen LogP contribution is 2.35. The van der Waals surface area contributed by atoms with Crippen LogP contribution in [0, 0.1) is 0 Å². The number of piperidine rings is 1. The quantitative estimate of drug-likeness (QED) is 0.902. The number of rotatable bonds is 3. The number of anilines is 1. The van der Waals surface area contributed by atoms with Gasteiger partial charge in [-0.2, -0.15) is 0 Å². The van der Waals surface area contributed by atoms with E-state index in [1.54, 1.807) is 0 Å². The molecule has 1 N–H and O–H groups in total. The lowest BCUT2D eigenvalue weighted by Crippen LogP contribution is -2.57. The predicted molar refractivity (Wildman–Crippen MR) is 102 cm³/mol. The van der Waals surface area contributed by atoms with Crippen molar-refractivity contribution in [3.63, 3.8) is 0 Å². The third kappa shape index (κ3) is 3.08. The molecular formula is C21H29N3O2. The van der Waals surface area contributed by atoms with Crippen molar-refractivity contribution in [3.05, 3.63) is 29.3 Å². The highest BCUT2D eigenvalue weighted by molar-refractivity contribution is 6.04. The maximum atomic E-state index is 12.9. The summed E-state index contributed by atoms with van der Waals surface area (Å²) < 4.78 is 0. The molecule has 1 aromatic carbocycles. The zero-order valence-corrected chi connectivity index (χ0v) is 15.7. The van der Waals surface area contributed by atoms with Gasteiger partial charge in [0.1, 0.15) is 6.17 Å². The zero-order valence-electron chi connectivity index (χ0n) is 15.7. The molecule has 0 aromatic heterocycles. The van der Waals surface area contributed by atoms with Gasteiger partial charge in [-0.25, -0.2) is 0 Å². The first-order valence-corrected chi connectivity index (χ1v) is 10.2. The van der Waals surface area contributed by atoms with Crippen molar-refractivity contribution in [2.75, 3.05) is 18.0 Å². The van der Waals surface area contributed by atoms with Gasteiger partial charge in [-0.15, -0.1) is 0 Å². The first kappa shape index (κ1) is 17.4. The number of hydrogen-bond donors (Lipinski definition) is 1. The molecule has 1 saturated heterocycles. The number of benzene rings is 1. The summed E-state index contributed by atoms with van der Waals surface area (Å²) in [5.41, 5.74) is 2.33. The molecule has 2 fully saturated rings. The van der Waals surface area contributed by atoms with Crippen LogP contribution in [0.5, 0.6) is 0 Å². The Balaban J connectivity index is 1.60. The minimum atomic E-state index is -0.00530. The average molecular weight is 355 g/mol. The summed E-state index contributed by atoms with van der Waals surface area (Å²) in [5.74, 6) is 0.114. The van der Waals surface area contributed by atoms with Crippen molar-refractivity contribution >= 4 is 17.5 Å². The van der Waals surface area contributed by atoms with Crippen molar-refractivity contribution in [3.8, 4) is 0 Å². The van der Waals surface area contributed by atoms with Gasteiger partial charge >= 0.3 is 0 Å². The fourth-order valence-electron chi connectivity index (χ4n) is 4.78. The zero-order chi connectivity index (χ0) is 18.1. The number of hydrogen-bond acceptors (Lipinski definition) is 3. The van der Waals surface area contributed by atoms with Gasteiger partial charge in [-0.3, -0.25) is 9.59 Å². The molecule has 0 spiro atoms. The van der Waals surface area contributed by atoms with Crippen LogP contribution in [0.15, 0.2) is 18.2 Å². The Morgan fingerprint density at radius 1 is 1.12 bits per heavy atom. The number of amides is 2. The van der Waals surface area contributed by atoms with Crippen molar-refractivity contribution in [2.24, 2.45) is 0 Å². The van der Waals surface area contributed by atoms with Crippen LogP contribution in [-0.4, -0.2) is 42.0 Å². The van der Waals surface area contributed by atoms with E-state index in [1.165, 1.54) is 19.3 Å². The Labute approximate surface area is 155 Å². The van der Waals surface area contributed by atoms with Gasteiger partial charge in [-0.05, 0) is 57.2 Å². The Hall–Kier alpha value is -2.04. The monoisotopic (exact) mass is 355 g/mol. The Morgan fingerprint density at radius 2 is 1.88 bits per heavy atom. The van der Waals surface area contributed by atoms with Gasteiger partial charge in [0.2, 0.25) is 0 Å². The van der Waals surface area contributed by atoms with E-state index in [0.717, 1.165) is 56.4 Å². The highest BCUT2D eigenvalue weighted by atomic mass is 16.2. The Bertz CT molecular complexity index is 696. The van der Waals surface area contributed by atoms with Crippen LogP contribution in [0.3, 0.4) is 0 Å². The normalized spacial score (nSPS) is 23.4. The lowest BCUT2D eigenvalue weighted by atomic mass is 9.94. The molecule has 1 aliphatic carbocycles. The summed E-state index contributed by atoms with van der Waals surface area (Å²) in [6, 6.07) is 5.89. The van der Waals surface area contributed by atoms with E-state index in [9.17, 15) is 9.59 Å². The number of nitrogens with zero attached hydrogens (tertiary/aromatic N) is 2. The van der Waals surface area contributed by atoms with Crippen LogP contribution < -0.4 is 10.2 Å². The third-order valence-electron chi connectivity index (χ3n) is 6.17. The molecule has 2 heterocycles. The Morgan fingerprint density at radius 3 is 2.65 bits per heavy atom. The molecule has 0 bridgehead atoms. The van der Waals surface area contributed by atoms with E-state index in [2.05, 4.69) is 17.1 Å². The van der Waals surface area contributed by atoms with Crippen LogP contribution in [-0.2, 0) is 0 Å². The molecule has 1 aromatic rings. The maximum Gasteiger partial charge on any atom is 0.257 e. The molecule has 4 rings (SSSR count). The second-order valence-corrected chi connectivity index (χ2v) is 7.80. The number of nitrogens with one attached hydrogen (secondary N) is 1. The second kappa shape index (κ2) is 7.29. The molecule has 2 aliphatic heterocycles. The molecule has 3 aliphatic rings. The minimum Gasteiger partial charge on any atom is -0.351 e. The van der Waals surface area contributed by atoms with Crippen LogP contribution in [0.1, 0.15) is 79.0 Å². The van der Waals surface area contributed by atoms with Crippen molar-refractivity contribution in [1.29, 1.82) is 0 Å². The second-order valence-electron chi connectivity index (χ2n) is 7.80. The SMILES string of the molecule is CCN1c2cc(C(=O)NC3CCCCC3)ccc2C(=O)N2CCCC[C@@H]21. The molecule has 1 atom stereocenters. The third-order valence-corrected chi connectivity index (χ3v) is 6.17.